The maximum atomic E-state index is 11.1. The first kappa shape index (κ1) is 14.4. The lowest BCUT2D eigenvalue weighted by atomic mass is 10.2. The van der Waals surface area contributed by atoms with E-state index < -0.39 is 8.56 Å². The van der Waals surface area contributed by atoms with E-state index in [0.29, 0.717) is 18.1 Å². The van der Waals surface area contributed by atoms with Crippen LogP contribution in [0.1, 0.15) is 20.3 Å². The van der Waals surface area contributed by atoms with E-state index in [0.717, 1.165) is 25.7 Å². The van der Waals surface area contributed by atoms with Crippen molar-refractivity contribution in [2.45, 2.75) is 32.9 Å². The molecule has 1 heterocycles. The molecule has 17 heavy (non-hydrogen) atoms. The Morgan fingerprint density at radius 2 is 2.06 bits per heavy atom. The molecule has 0 radical (unpaired) electrons. The Hall–Kier alpha value is -0.653. The van der Waals surface area contributed by atoms with Crippen LogP contribution in [0.25, 0.3) is 0 Å². The van der Waals surface area contributed by atoms with E-state index in [2.05, 4.69) is 20.0 Å². The van der Waals surface area contributed by atoms with Gasteiger partial charge in [0.25, 0.3) is 0 Å². The molecule has 1 aliphatic heterocycles. The van der Waals surface area contributed by atoms with Crippen LogP contribution in [0.15, 0.2) is 12.2 Å². The summed E-state index contributed by atoms with van der Waals surface area (Å²) in [7, 11) is -1.99. The lowest BCUT2D eigenvalue weighted by molar-refractivity contribution is -0.138. The van der Waals surface area contributed by atoms with Crippen molar-refractivity contribution >= 4 is 14.5 Å². The monoisotopic (exact) mass is 258 g/mol. The van der Waals surface area contributed by atoms with Gasteiger partial charge < -0.3 is 13.6 Å². The molecule has 0 unspecified atom stereocenters. The van der Waals surface area contributed by atoms with Crippen LogP contribution in [-0.2, 0) is 18.4 Å². The smallest absolute Gasteiger partial charge is 0.335 e. The molecule has 1 rings (SSSR count). The topological polar surface area (TPSA) is 44.8 Å². The highest BCUT2D eigenvalue weighted by atomic mass is 28.4. The highest BCUT2D eigenvalue weighted by Crippen LogP contribution is 2.22. The normalized spacial score (nSPS) is 28.8. The Bertz CT molecular complexity index is 282. The average Bonchev–Trinajstić information content (AvgIpc) is 2.28. The van der Waals surface area contributed by atoms with Crippen molar-refractivity contribution in [3.05, 3.63) is 12.2 Å². The number of carbonyl (C=O) groups is 1. The minimum atomic E-state index is -1.99. The van der Waals surface area contributed by atoms with Crippen molar-refractivity contribution in [1.82, 2.24) is 0 Å². The van der Waals surface area contributed by atoms with Crippen molar-refractivity contribution in [1.29, 1.82) is 0 Å². The van der Waals surface area contributed by atoms with Gasteiger partial charge in [-0.05, 0) is 25.9 Å². The highest BCUT2D eigenvalue weighted by Gasteiger charge is 2.35. The van der Waals surface area contributed by atoms with Crippen LogP contribution >= 0.6 is 0 Å². The lowest BCUT2D eigenvalue weighted by Crippen LogP contribution is -2.46. The third-order valence-electron chi connectivity index (χ3n) is 2.70. The fourth-order valence-electron chi connectivity index (χ4n) is 1.55. The van der Waals surface area contributed by atoms with E-state index in [1.165, 1.54) is 0 Å². The molecular weight excluding hydrogens is 236 g/mol. The summed E-state index contributed by atoms with van der Waals surface area (Å²) in [4.78, 5) is 11.1. The van der Waals surface area contributed by atoms with Crippen molar-refractivity contribution in [2.75, 3.05) is 19.8 Å². The molecule has 0 aliphatic carbocycles. The predicted molar refractivity (Wildman–Crippen MR) is 67.9 cm³/mol. The quantitative estimate of drug-likeness (QED) is 0.328. The second-order valence-corrected chi connectivity index (χ2v) is 8.23. The standard InChI is InChI=1S/C12H22O4Si/c1-10(2)12(13)14-6-5-7-17(4)15-8-11(3)9-16-17/h11H,1,5-9H2,2-4H3. The summed E-state index contributed by atoms with van der Waals surface area (Å²) in [5, 5.41) is 0. The number of ether oxygens (including phenoxy) is 1. The van der Waals surface area contributed by atoms with Gasteiger partial charge in [-0.15, -0.1) is 0 Å². The Kier molecular flexibility index (Phi) is 5.36. The van der Waals surface area contributed by atoms with Crippen molar-refractivity contribution in [2.24, 2.45) is 5.92 Å². The number of hydrogen-bond acceptors (Lipinski definition) is 4. The highest BCUT2D eigenvalue weighted by molar-refractivity contribution is 6.66. The molecule has 0 atom stereocenters. The van der Waals surface area contributed by atoms with Gasteiger partial charge >= 0.3 is 14.5 Å². The number of carbonyl (C=O) groups excluding carboxylic acids is 1. The summed E-state index contributed by atoms with van der Waals surface area (Å²) in [6, 6.07) is 0.864. The van der Waals surface area contributed by atoms with E-state index in [9.17, 15) is 4.79 Å². The molecule has 4 nitrogen and oxygen atoms in total. The van der Waals surface area contributed by atoms with Crippen LogP contribution < -0.4 is 0 Å². The van der Waals surface area contributed by atoms with Gasteiger partial charge in [0.1, 0.15) is 0 Å². The molecule has 0 amide bonds. The van der Waals surface area contributed by atoms with Crippen LogP contribution in [0.3, 0.4) is 0 Å². The zero-order valence-corrected chi connectivity index (χ0v) is 12.0. The van der Waals surface area contributed by atoms with Gasteiger partial charge in [-0.2, -0.15) is 0 Å². The molecule has 0 saturated carbocycles. The lowest BCUT2D eigenvalue weighted by Gasteiger charge is -2.34. The number of rotatable bonds is 5. The van der Waals surface area contributed by atoms with E-state index in [-0.39, 0.29) is 5.97 Å². The Morgan fingerprint density at radius 3 is 2.59 bits per heavy atom. The first-order valence-electron chi connectivity index (χ1n) is 6.03. The molecule has 1 saturated heterocycles. The summed E-state index contributed by atoms with van der Waals surface area (Å²) in [6.45, 7) is 11.3. The average molecular weight is 258 g/mol. The summed E-state index contributed by atoms with van der Waals surface area (Å²) in [6.07, 6.45) is 0.788. The van der Waals surface area contributed by atoms with E-state index in [1.807, 2.05) is 0 Å². The zero-order valence-electron chi connectivity index (χ0n) is 11.0. The fourth-order valence-corrected chi connectivity index (χ4v) is 3.99. The summed E-state index contributed by atoms with van der Waals surface area (Å²) < 4.78 is 16.6. The molecule has 98 valence electrons. The van der Waals surface area contributed by atoms with Crippen molar-refractivity contribution in [3.8, 4) is 0 Å². The molecule has 0 aromatic heterocycles. The second kappa shape index (κ2) is 6.33. The van der Waals surface area contributed by atoms with Crippen LogP contribution in [0.5, 0.6) is 0 Å². The molecule has 1 fully saturated rings. The van der Waals surface area contributed by atoms with Gasteiger partial charge in [-0.3, -0.25) is 0 Å². The van der Waals surface area contributed by atoms with Crippen LogP contribution in [0.2, 0.25) is 12.6 Å². The summed E-state index contributed by atoms with van der Waals surface area (Å²) in [5.74, 6) is 0.160. The van der Waals surface area contributed by atoms with Crippen LogP contribution in [-0.4, -0.2) is 34.4 Å². The first-order valence-corrected chi connectivity index (χ1v) is 8.56. The fraction of sp³-hybridized carbons (Fsp3) is 0.750. The number of esters is 1. The first-order chi connectivity index (χ1) is 7.93. The Balaban J connectivity index is 2.18. The molecule has 0 aromatic carbocycles. The third kappa shape index (κ3) is 5.02. The predicted octanol–water partition coefficient (Wildman–Crippen LogP) is 2.25. The maximum absolute atomic E-state index is 11.1. The van der Waals surface area contributed by atoms with Crippen LogP contribution in [0, 0.1) is 5.92 Å². The molecule has 0 spiro atoms. The zero-order chi connectivity index (χ0) is 12.9. The largest absolute Gasteiger partial charge is 0.462 e. The molecule has 0 bridgehead atoms. The van der Waals surface area contributed by atoms with Gasteiger partial charge in [-0.1, -0.05) is 13.5 Å². The minimum absolute atomic E-state index is 0.323. The van der Waals surface area contributed by atoms with E-state index in [4.69, 9.17) is 13.6 Å². The molecule has 0 N–H and O–H groups in total. The third-order valence-corrected chi connectivity index (χ3v) is 5.52. The van der Waals surface area contributed by atoms with Crippen molar-refractivity contribution < 1.29 is 18.4 Å². The van der Waals surface area contributed by atoms with Gasteiger partial charge in [0.15, 0.2) is 0 Å². The minimum Gasteiger partial charge on any atom is -0.462 e. The molecule has 0 aromatic rings. The van der Waals surface area contributed by atoms with Gasteiger partial charge in [0.05, 0.1) is 6.61 Å². The van der Waals surface area contributed by atoms with E-state index >= 15 is 0 Å². The maximum Gasteiger partial charge on any atom is 0.335 e. The Labute approximate surface area is 104 Å². The SMILES string of the molecule is C=C(C)C(=O)OCCC[Si]1(C)OCC(C)CO1. The van der Waals surface area contributed by atoms with Gasteiger partial charge in [-0.25, -0.2) is 4.79 Å². The van der Waals surface area contributed by atoms with Gasteiger partial charge in [0.2, 0.25) is 0 Å². The summed E-state index contributed by atoms with van der Waals surface area (Å²) >= 11 is 0. The summed E-state index contributed by atoms with van der Waals surface area (Å²) in [5.41, 5.74) is 0.437. The molecule has 1 aliphatic rings. The second-order valence-electron chi connectivity index (χ2n) is 4.88. The van der Waals surface area contributed by atoms with Crippen LogP contribution in [0.4, 0.5) is 0 Å². The molecular formula is C12H22O4Si. The van der Waals surface area contributed by atoms with Crippen molar-refractivity contribution in [3.63, 3.8) is 0 Å². The van der Waals surface area contributed by atoms with Gasteiger partial charge in [0, 0.05) is 24.7 Å². The van der Waals surface area contributed by atoms with E-state index in [1.54, 1.807) is 6.92 Å². The molecule has 5 heteroatoms. The Morgan fingerprint density at radius 1 is 1.47 bits per heavy atom. The number of hydrogen-bond donors (Lipinski definition) is 0.